The minimum absolute atomic E-state index is 0.00238. The fourth-order valence-electron chi connectivity index (χ4n) is 3.30. The smallest absolute Gasteiger partial charge is 0.291 e. The van der Waals surface area contributed by atoms with E-state index in [1.807, 2.05) is 24.3 Å². The highest BCUT2D eigenvalue weighted by Crippen LogP contribution is 2.23. The van der Waals surface area contributed by atoms with Gasteiger partial charge >= 0.3 is 0 Å². The molecular weight excluding hydrogens is 480 g/mol. The van der Waals surface area contributed by atoms with Crippen molar-refractivity contribution in [1.82, 2.24) is 9.97 Å². The van der Waals surface area contributed by atoms with Crippen LogP contribution >= 0.6 is 0 Å². The Morgan fingerprint density at radius 2 is 1.69 bits per heavy atom. The molecule has 1 atom stereocenters. The van der Waals surface area contributed by atoms with E-state index in [0.29, 0.717) is 23.1 Å². The molecule has 1 unspecified atom stereocenters. The lowest BCUT2D eigenvalue weighted by Gasteiger charge is -2.10. The first kappa shape index (κ1) is 24.9. The monoisotopic (exact) mass is 506 g/mol. The SMILES string of the molecule is CCC(C)c1ccc(OCc2ccc(C(=O)Nc3ccc(S(=O)(=O)Nc4ncccn4)cc3)o2)cc1. The average molecular weight is 507 g/mol. The first-order valence-corrected chi connectivity index (χ1v) is 12.8. The zero-order valence-electron chi connectivity index (χ0n) is 19.8. The molecule has 4 rings (SSSR count). The molecule has 0 aliphatic rings. The van der Waals surface area contributed by atoms with E-state index in [4.69, 9.17) is 9.15 Å². The summed E-state index contributed by atoms with van der Waals surface area (Å²) >= 11 is 0. The summed E-state index contributed by atoms with van der Waals surface area (Å²) in [4.78, 5) is 20.3. The molecule has 0 aliphatic heterocycles. The highest BCUT2D eigenvalue weighted by molar-refractivity contribution is 7.92. The highest BCUT2D eigenvalue weighted by Gasteiger charge is 2.17. The fourth-order valence-corrected chi connectivity index (χ4v) is 4.26. The quantitative estimate of drug-likeness (QED) is 0.302. The van der Waals surface area contributed by atoms with E-state index in [-0.39, 0.29) is 23.2 Å². The lowest BCUT2D eigenvalue weighted by Crippen LogP contribution is -2.15. The molecule has 186 valence electrons. The summed E-state index contributed by atoms with van der Waals surface area (Å²) in [6, 6.07) is 18.5. The normalized spacial score (nSPS) is 12.1. The molecule has 36 heavy (non-hydrogen) atoms. The Balaban J connectivity index is 1.32. The molecule has 0 saturated carbocycles. The van der Waals surface area contributed by atoms with Crippen molar-refractivity contribution in [3.05, 3.63) is 96.2 Å². The topological polar surface area (TPSA) is 123 Å². The molecule has 4 aromatic rings. The van der Waals surface area contributed by atoms with Gasteiger partial charge in [-0.2, -0.15) is 0 Å². The number of ether oxygens (including phenoxy) is 1. The Hall–Kier alpha value is -4.18. The Labute approximate surface area is 209 Å². The maximum Gasteiger partial charge on any atom is 0.291 e. The van der Waals surface area contributed by atoms with Crippen LogP contribution in [0.5, 0.6) is 5.75 Å². The summed E-state index contributed by atoms with van der Waals surface area (Å²) in [6.45, 7) is 4.51. The second-order valence-corrected chi connectivity index (χ2v) is 9.77. The predicted molar refractivity (Wildman–Crippen MR) is 135 cm³/mol. The van der Waals surface area contributed by atoms with Crippen molar-refractivity contribution in [2.24, 2.45) is 0 Å². The first-order valence-electron chi connectivity index (χ1n) is 11.4. The molecule has 0 saturated heterocycles. The van der Waals surface area contributed by atoms with E-state index in [9.17, 15) is 13.2 Å². The second-order valence-electron chi connectivity index (χ2n) is 8.09. The van der Waals surface area contributed by atoms with Gasteiger partial charge in [0.25, 0.3) is 15.9 Å². The number of furan rings is 1. The van der Waals surface area contributed by atoms with Crippen LogP contribution in [-0.2, 0) is 16.6 Å². The molecule has 0 bridgehead atoms. The molecule has 10 heteroatoms. The van der Waals surface area contributed by atoms with Crippen molar-refractivity contribution in [2.45, 2.75) is 37.7 Å². The number of hydrogen-bond acceptors (Lipinski definition) is 7. The first-order chi connectivity index (χ1) is 17.3. The van der Waals surface area contributed by atoms with Gasteiger partial charge in [-0.05, 0) is 72.5 Å². The van der Waals surface area contributed by atoms with Gasteiger partial charge in [0.05, 0.1) is 4.90 Å². The molecule has 2 heterocycles. The zero-order chi connectivity index (χ0) is 25.5. The van der Waals surface area contributed by atoms with Crippen LogP contribution in [0.15, 0.2) is 88.4 Å². The molecule has 2 N–H and O–H groups in total. The standard InChI is InChI=1S/C26H26N4O5S/c1-3-18(2)19-5-9-21(10-6-19)34-17-22-11-14-24(35-22)25(31)29-20-7-12-23(13-8-20)36(32,33)30-26-27-15-4-16-28-26/h4-16,18H,3,17H2,1-2H3,(H,29,31)(H,27,28,30). The fraction of sp³-hybridized carbons (Fsp3) is 0.192. The Morgan fingerprint density at radius 1 is 1.00 bits per heavy atom. The number of benzene rings is 2. The summed E-state index contributed by atoms with van der Waals surface area (Å²) in [5, 5.41) is 2.68. The van der Waals surface area contributed by atoms with Gasteiger partial charge < -0.3 is 14.5 Å². The molecule has 0 aliphatic carbocycles. The molecule has 2 aromatic carbocycles. The zero-order valence-corrected chi connectivity index (χ0v) is 20.7. The van der Waals surface area contributed by atoms with Crippen LogP contribution < -0.4 is 14.8 Å². The number of amides is 1. The minimum Gasteiger partial charge on any atom is -0.486 e. The Morgan fingerprint density at radius 3 is 2.36 bits per heavy atom. The number of nitrogens with one attached hydrogen (secondary N) is 2. The molecule has 0 spiro atoms. The van der Waals surface area contributed by atoms with Gasteiger partial charge in [-0.15, -0.1) is 0 Å². The molecule has 2 aromatic heterocycles. The molecule has 0 radical (unpaired) electrons. The van der Waals surface area contributed by atoms with Gasteiger partial charge in [-0.1, -0.05) is 26.0 Å². The van der Waals surface area contributed by atoms with Crippen LogP contribution in [0, 0.1) is 0 Å². The number of sulfonamides is 1. The van der Waals surface area contributed by atoms with Crippen molar-refractivity contribution >= 4 is 27.6 Å². The molecule has 9 nitrogen and oxygen atoms in total. The third kappa shape index (κ3) is 6.28. The number of aromatic nitrogens is 2. The van der Waals surface area contributed by atoms with Crippen molar-refractivity contribution in [2.75, 3.05) is 10.0 Å². The van der Waals surface area contributed by atoms with Crippen LogP contribution in [0.25, 0.3) is 0 Å². The average Bonchev–Trinajstić information content (AvgIpc) is 3.37. The number of hydrogen-bond donors (Lipinski definition) is 2. The maximum atomic E-state index is 12.6. The van der Waals surface area contributed by atoms with Crippen molar-refractivity contribution in [3.8, 4) is 5.75 Å². The Kier molecular flexibility index (Phi) is 7.65. The summed E-state index contributed by atoms with van der Waals surface area (Å²) in [5.41, 5.74) is 1.67. The van der Waals surface area contributed by atoms with Crippen LogP contribution in [0.1, 0.15) is 48.1 Å². The summed E-state index contributed by atoms with van der Waals surface area (Å²) in [5.74, 6) is 1.32. The van der Waals surface area contributed by atoms with E-state index in [1.165, 1.54) is 42.2 Å². The lowest BCUT2D eigenvalue weighted by atomic mass is 9.99. The number of rotatable bonds is 10. The molecule has 0 fully saturated rings. The van der Waals surface area contributed by atoms with Gasteiger partial charge in [0, 0.05) is 18.1 Å². The van der Waals surface area contributed by atoms with Crippen molar-refractivity contribution < 1.29 is 22.4 Å². The third-order valence-corrected chi connectivity index (χ3v) is 6.89. The van der Waals surface area contributed by atoms with Crippen LogP contribution in [-0.4, -0.2) is 24.3 Å². The maximum absolute atomic E-state index is 12.6. The van der Waals surface area contributed by atoms with Crippen LogP contribution in [0.3, 0.4) is 0 Å². The largest absolute Gasteiger partial charge is 0.486 e. The number of anilines is 2. The molecular formula is C26H26N4O5S. The number of nitrogens with zero attached hydrogens (tertiary/aromatic N) is 2. The van der Waals surface area contributed by atoms with E-state index in [0.717, 1.165) is 6.42 Å². The minimum atomic E-state index is -3.87. The van der Waals surface area contributed by atoms with Gasteiger partial charge in [0.2, 0.25) is 5.95 Å². The van der Waals surface area contributed by atoms with Gasteiger partial charge in [-0.25, -0.2) is 23.1 Å². The predicted octanol–water partition coefficient (Wildman–Crippen LogP) is 5.22. The van der Waals surface area contributed by atoms with Gasteiger partial charge in [0.1, 0.15) is 18.1 Å². The summed E-state index contributed by atoms with van der Waals surface area (Å²) in [7, 11) is -3.87. The van der Waals surface area contributed by atoms with Crippen LogP contribution in [0.2, 0.25) is 0 Å². The van der Waals surface area contributed by atoms with Gasteiger partial charge in [0.15, 0.2) is 5.76 Å². The van der Waals surface area contributed by atoms with Crippen molar-refractivity contribution in [3.63, 3.8) is 0 Å². The second kappa shape index (κ2) is 11.0. The van der Waals surface area contributed by atoms with Crippen molar-refractivity contribution in [1.29, 1.82) is 0 Å². The van der Waals surface area contributed by atoms with E-state index >= 15 is 0 Å². The summed E-state index contributed by atoms with van der Waals surface area (Å²) < 4.78 is 38.6. The molecule has 1 amide bonds. The summed E-state index contributed by atoms with van der Waals surface area (Å²) in [6.07, 6.45) is 3.93. The number of carbonyl (C=O) groups excluding carboxylic acids is 1. The van der Waals surface area contributed by atoms with Crippen LogP contribution in [0.4, 0.5) is 11.6 Å². The van der Waals surface area contributed by atoms with Gasteiger partial charge in [-0.3, -0.25) is 4.79 Å². The van der Waals surface area contributed by atoms with E-state index in [2.05, 4.69) is 33.9 Å². The van der Waals surface area contributed by atoms with E-state index in [1.54, 1.807) is 18.2 Å². The number of carbonyl (C=O) groups is 1. The van der Waals surface area contributed by atoms with E-state index < -0.39 is 15.9 Å². The highest BCUT2D eigenvalue weighted by atomic mass is 32.2. The lowest BCUT2D eigenvalue weighted by molar-refractivity contribution is 0.0992. The Bertz CT molecular complexity index is 1400. The third-order valence-electron chi connectivity index (χ3n) is 5.54.